The summed E-state index contributed by atoms with van der Waals surface area (Å²) >= 11 is 6.07. The summed E-state index contributed by atoms with van der Waals surface area (Å²) in [5, 5.41) is 52.4. The number of hydrogen-bond acceptors (Lipinski definition) is 16. The number of likely N-dealkylation sites (N-methyl/N-ethyl adjacent to an activating group) is 1. The number of nitrogens with zero attached hydrogens (tertiary/aromatic N) is 5. The van der Waals surface area contributed by atoms with Crippen LogP contribution in [0.25, 0.3) is 22.2 Å². The lowest BCUT2D eigenvalue weighted by Crippen LogP contribution is -2.49. The monoisotopic (exact) mass is 942 g/mol. The van der Waals surface area contributed by atoms with Crippen molar-refractivity contribution in [3.63, 3.8) is 0 Å². The van der Waals surface area contributed by atoms with Gasteiger partial charge in [0.05, 0.1) is 34.0 Å². The number of fused-ring (bicyclic) bond motifs is 1. The molecule has 4 aromatic rings. The fourth-order valence-corrected chi connectivity index (χ4v) is 8.13. The van der Waals surface area contributed by atoms with Crippen LogP contribution in [0.3, 0.4) is 0 Å². The SMILES string of the molecule is CN1CCN(C2CCC(n3cc(-c4ccc(NS(=O)(=O)c5ccccc5Cl)c(F)c4)c4c(N)ncnc43)CC2)CC1.O=C([O-])/C=C\C(=O)O.O=C([O-])/C=C\C(=O)O.O=C([O-])/C=C\C(=O)O. The van der Waals surface area contributed by atoms with E-state index in [4.69, 9.17) is 32.7 Å². The van der Waals surface area contributed by atoms with Crippen molar-refractivity contribution >= 4 is 80.0 Å². The largest absolute Gasteiger partial charge is 0.545 e. The summed E-state index contributed by atoms with van der Waals surface area (Å²) in [5.41, 5.74) is 8.13. The maximum absolute atomic E-state index is 15.4. The Kier molecular flexibility index (Phi) is 19.7. The average Bonchev–Trinajstić information content (AvgIpc) is 3.64. The number of aromatic nitrogens is 3. The molecule has 0 atom stereocenters. The number of carboxylic acid groups (broad SMARTS) is 6. The van der Waals surface area contributed by atoms with E-state index in [0.29, 0.717) is 64.8 Å². The quantitative estimate of drug-likeness (QED) is 0.118. The second kappa shape index (κ2) is 24.6. The standard InChI is InChI=1S/C29H33ClFN7O2S.3C4H4O4/c1-36-12-14-37(15-13-36)20-7-9-21(10-8-20)38-17-22(27-28(32)33-18-34-29(27)38)19-6-11-25(24(31)16-19)35-41(39,40)26-5-3-2-4-23(26)30;3*5-3(6)1-2-4(7)8/h2-6,11,16-18,20-21,35H,7-10,12-15H2,1H3,(H2,32,33,34);3*1-2H,(H,5,6)(H,7,8)/p-3/b;3*2-1-. The van der Waals surface area contributed by atoms with Crippen LogP contribution >= 0.6 is 11.6 Å². The molecule has 0 amide bonds. The fraction of sp³-hybridized carbons (Fsp3) is 0.268. The van der Waals surface area contributed by atoms with Gasteiger partial charge < -0.3 is 60.2 Å². The number of halogens is 2. The van der Waals surface area contributed by atoms with E-state index in [-0.39, 0.29) is 21.6 Å². The molecular formula is C41H42ClFN7O14S-3. The molecule has 0 spiro atoms. The molecular weight excluding hydrogens is 901 g/mol. The second-order valence-corrected chi connectivity index (χ2v) is 16.0. The molecule has 1 saturated heterocycles. The first-order chi connectivity index (χ1) is 30.6. The highest BCUT2D eigenvalue weighted by Gasteiger charge is 2.30. The zero-order valence-electron chi connectivity index (χ0n) is 34.3. The Hall–Kier alpha value is -7.21. The van der Waals surface area contributed by atoms with Gasteiger partial charge in [0.25, 0.3) is 10.0 Å². The van der Waals surface area contributed by atoms with Crippen LogP contribution in [0.4, 0.5) is 15.9 Å². The number of carboxylic acids is 6. The highest BCUT2D eigenvalue weighted by molar-refractivity contribution is 7.92. The van der Waals surface area contributed by atoms with Crippen LogP contribution in [0.1, 0.15) is 31.7 Å². The van der Waals surface area contributed by atoms with Gasteiger partial charge in [0.15, 0.2) is 0 Å². The van der Waals surface area contributed by atoms with Crippen molar-refractivity contribution in [2.45, 2.75) is 42.7 Å². The van der Waals surface area contributed by atoms with Crippen LogP contribution in [0.2, 0.25) is 5.02 Å². The smallest absolute Gasteiger partial charge is 0.328 e. The maximum Gasteiger partial charge on any atom is 0.328 e. The predicted octanol–water partition coefficient (Wildman–Crippen LogP) is 0.136. The van der Waals surface area contributed by atoms with Crippen molar-refractivity contribution in [3.8, 4) is 11.1 Å². The highest BCUT2D eigenvalue weighted by atomic mass is 35.5. The van der Waals surface area contributed by atoms with Crippen molar-refractivity contribution in [2.24, 2.45) is 0 Å². The minimum absolute atomic E-state index is 0.0536. The summed E-state index contributed by atoms with van der Waals surface area (Å²) in [7, 11) is -1.91. The van der Waals surface area contributed by atoms with E-state index in [1.165, 1.54) is 30.6 Å². The van der Waals surface area contributed by atoms with Crippen LogP contribution < -0.4 is 25.8 Å². The molecule has 0 unspecified atom stereocenters. The average molecular weight is 943 g/mol. The number of benzene rings is 2. The van der Waals surface area contributed by atoms with E-state index in [1.54, 1.807) is 18.2 Å². The minimum atomic E-state index is -4.08. The number of nitrogens with two attached hydrogens (primary N) is 1. The topological polar surface area (TPSA) is 342 Å². The Bertz CT molecular complexity index is 2440. The zero-order chi connectivity index (χ0) is 48.4. The predicted molar refractivity (Wildman–Crippen MR) is 225 cm³/mol. The lowest BCUT2D eigenvalue weighted by molar-refractivity contribution is -0.298. The normalized spacial score (nSPS) is 16.7. The molecule has 3 heterocycles. The number of carbonyl (C=O) groups is 6. The molecule has 24 heteroatoms. The van der Waals surface area contributed by atoms with E-state index in [1.807, 2.05) is 6.20 Å². The summed E-state index contributed by atoms with van der Waals surface area (Å²) in [6, 6.07) is 11.2. The Labute approximate surface area is 375 Å². The van der Waals surface area contributed by atoms with Crippen molar-refractivity contribution in [3.05, 3.63) is 102 Å². The van der Waals surface area contributed by atoms with Gasteiger partial charge in [0.2, 0.25) is 0 Å². The van der Waals surface area contributed by atoms with E-state index in [9.17, 15) is 52.5 Å². The molecule has 1 aliphatic carbocycles. The number of carbonyl (C=O) groups excluding carboxylic acids is 3. The van der Waals surface area contributed by atoms with Gasteiger partial charge in [-0.2, -0.15) is 0 Å². The number of aliphatic carboxylic acids is 6. The van der Waals surface area contributed by atoms with Crippen LogP contribution in [0, 0.1) is 5.82 Å². The zero-order valence-corrected chi connectivity index (χ0v) is 35.9. The Morgan fingerprint density at radius 1 is 0.785 bits per heavy atom. The molecule has 0 radical (unpaired) electrons. The van der Waals surface area contributed by atoms with Gasteiger partial charge >= 0.3 is 17.9 Å². The number of rotatable bonds is 12. The minimum Gasteiger partial charge on any atom is -0.545 e. The molecule has 21 nitrogen and oxygen atoms in total. The molecule has 6 rings (SSSR count). The van der Waals surface area contributed by atoms with E-state index in [2.05, 4.69) is 36.1 Å². The Balaban J connectivity index is 0.000000383. The first-order valence-electron chi connectivity index (χ1n) is 19.1. The van der Waals surface area contributed by atoms with E-state index < -0.39 is 51.7 Å². The van der Waals surface area contributed by atoms with Crippen molar-refractivity contribution in [2.75, 3.05) is 43.7 Å². The lowest BCUT2D eigenvalue weighted by atomic mass is 9.89. The fourth-order valence-electron chi connectivity index (χ4n) is 6.54. The third-order valence-electron chi connectivity index (χ3n) is 9.49. The number of hydrogen-bond donors (Lipinski definition) is 5. The van der Waals surface area contributed by atoms with Crippen LogP contribution in [0.15, 0.2) is 96.3 Å². The molecule has 348 valence electrons. The summed E-state index contributed by atoms with van der Waals surface area (Å²) in [4.78, 5) is 70.6. The van der Waals surface area contributed by atoms with Gasteiger partial charge in [0, 0.05) is 68.3 Å². The van der Waals surface area contributed by atoms with Crippen LogP contribution in [0.5, 0.6) is 0 Å². The maximum atomic E-state index is 15.4. The van der Waals surface area contributed by atoms with Crippen LogP contribution in [-0.2, 0) is 38.8 Å². The molecule has 2 aromatic heterocycles. The van der Waals surface area contributed by atoms with E-state index in [0.717, 1.165) is 57.5 Å². The molecule has 1 aliphatic heterocycles. The Morgan fingerprint density at radius 3 is 1.75 bits per heavy atom. The summed E-state index contributed by atoms with van der Waals surface area (Å²) in [5.74, 6) is -8.81. The molecule has 0 bridgehead atoms. The molecule has 65 heavy (non-hydrogen) atoms. The molecule has 2 fully saturated rings. The van der Waals surface area contributed by atoms with Gasteiger partial charge in [-0.05, 0) is 80.8 Å². The third kappa shape index (κ3) is 16.8. The van der Waals surface area contributed by atoms with Gasteiger partial charge in [-0.3, -0.25) is 9.62 Å². The third-order valence-corrected chi connectivity index (χ3v) is 11.4. The highest BCUT2D eigenvalue weighted by Crippen LogP contribution is 2.40. The number of nitrogen functional groups attached to an aromatic ring is 1. The summed E-state index contributed by atoms with van der Waals surface area (Å²) in [6.45, 7) is 4.45. The molecule has 2 aliphatic rings. The van der Waals surface area contributed by atoms with Gasteiger partial charge in [-0.25, -0.2) is 37.2 Å². The van der Waals surface area contributed by atoms with Crippen molar-refractivity contribution in [1.29, 1.82) is 0 Å². The van der Waals surface area contributed by atoms with E-state index >= 15 is 4.39 Å². The lowest BCUT2D eigenvalue weighted by Gasteiger charge is -2.41. The summed E-state index contributed by atoms with van der Waals surface area (Å²) < 4.78 is 45.6. The number of anilines is 2. The van der Waals surface area contributed by atoms with Crippen molar-refractivity contribution in [1.82, 2.24) is 24.3 Å². The number of nitrogens with one attached hydrogen (secondary N) is 1. The van der Waals surface area contributed by atoms with Gasteiger partial charge in [-0.1, -0.05) is 29.8 Å². The molecule has 1 saturated carbocycles. The first kappa shape index (κ1) is 52.1. The number of piperazine rings is 1. The first-order valence-corrected chi connectivity index (χ1v) is 20.9. The molecule has 2 aromatic carbocycles. The number of sulfonamides is 1. The van der Waals surface area contributed by atoms with Gasteiger partial charge in [0.1, 0.15) is 28.5 Å². The molecule has 6 N–H and O–H groups in total. The van der Waals surface area contributed by atoms with Crippen molar-refractivity contribution < 1.29 is 72.2 Å². The van der Waals surface area contributed by atoms with Crippen LogP contribution in [-0.4, -0.2) is 123 Å². The van der Waals surface area contributed by atoms with Gasteiger partial charge in [-0.15, -0.1) is 0 Å². The second-order valence-electron chi connectivity index (χ2n) is 13.9. The summed E-state index contributed by atoms with van der Waals surface area (Å²) in [6.07, 6.45) is 10.5. The Morgan fingerprint density at radius 2 is 1.29 bits per heavy atom.